The third-order valence-electron chi connectivity index (χ3n) is 4.50. The summed E-state index contributed by atoms with van der Waals surface area (Å²) in [4.78, 5) is 36.0. The Kier molecular flexibility index (Phi) is 6.71. The number of hydrogen-bond donors (Lipinski definition) is 2. The number of methoxy groups -OCH3 is 1. The molecule has 1 fully saturated rings. The standard InChI is InChI=1S/C21H22N2O7S/c1-13(24)16-5-3-4-6-17(16)22-20(25)12-30-21(26)14-7-10-18(29-2)19(11-14)31(27,28)23-15-8-9-15/h3-7,10-11,15,23H,8-9,12H2,1-2H3,(H,22,25). The van der Waals surface area contributed by atoms with E-state index in [4.69, 9.17) is 9.47 Å². The lowest BCUT2D eigenvalue weighted by Gasteiger charge is -2.12. The molecule has 0 aliphatic heterocycles. The zero-order valence-corrected chi connectivity index (χ0v) is 17.8. The minimum atomic E-state index is -3.87. The van der Waals surface area contributed by atoms with E-state index in [1.54, 1.807) is 24.3 Å². The largest absolute Gasteiger partial charge is 0.495 e. The molecule has 164 valence electrons. The Hall–Kier alpha value is -3.24. The van der Waals surface area contributed by atoms with Gasteiger partial charge in [0.2, 0.25) is 10.0 Å². The fourth-order valence-electron chi connectivity index (χ4n) is 2.80. The van der Waals surface area contributed by atoms with Crippen LogP contribution < -0.4 is 14.8 Å². The first-order chi connectivity index (χ1) is 14.7. The highest BCUT2D eigenvalue weighted by atomic mass is 32.2. The second kappa shape index (κ2) is 9.27. The van der Waals surface area contributed by atoms with Crippen molar-refractivity contribution in [1.82, 2.24) is 4.72 Å². The Morgan fingerprint density at radius 1 is 1.10 bits per heavy atom. The number of ether oxygens (including phenoxy) is 2. The number of esters is 1. The lowest BCUT2D eigenvalue weighted by molar-refractivity contribution is -0.119. The number of para-hydroxylation sites is 1. The summed E-state index contributed by atoms with van der Waals surface area (Å²) in [6.07, 6.45) is 1.51. The average Bonchev–Trinajstić information content (AvgIpc) is 3.55. The number of Topliss-reactive ketones (excluding diaryl/α,β-unsaturated/α-hetero) is 1. The molecule has 0 spiro atoms. The summed E-state index contributed by atoms with van der Waals surface area (Å²) < 4.78 is 37.8. The molecule has 1 saturated carbocycles. The topological polar surface area (TPSA) is 128 Å². The summed E-state index contributed by atoms with van der Waals surface area (Å²) >= 11 is 0. The van der Waals surface area contributed by atoms with Gasteiger partial charge in [-0.3, -0.25) is 9.59 Å². The van der Waals surface area contributed by atoms with Crippen LogP contribution in [0.25, 0.3) is 0 Å². The van der Waals surface area contributed by atoms with Crippen molar-refractivity contribution in [3.05, 3.63) is 53.6 Å². The van der Waals surface area contributed by atoms with Crippen LogP contribution in [-0.4, -0.2) is 45.8 Å². The molecule has 0 aromatic heterocycles. The van der Waals surface area contributed by atoms with Crippen LogP contribution in [0.5, 0.6) is 5.75 Å². The highest BCUT2D eigenvalue weighted by molar-refractivity contribution is 7.89. The van der Waals surface area contributed by atoms with Gasteiger partial charge in [0.15, 0.2) is 12.4 Å². The van der Waals surface area contributed by atoms with Crippen molar-refractivity contribution in [3.8, 4) is 5.75 Å². The van der Waals surface area contributed by atoms with E-state index in [-0.39, 0.29) is 28.0 Å². The predicted molar refractivity (Wildman–Crippen MR) is 112 cm³/mol. The third kappa shape index (κ3) is 5.68. The van der Waals surface area contributed by atoms with E-state index in [9.17, 15) is 22.8 Å². The molecule has 2 aromatic rings. The molecule has 0 saturated heterocycles. The van der Waals surface area contributed by atoms with Crippen LogP contribution in [0.15, 0.2) is 47.4 Å². The molecule has 1 aliphatic carbocycles. The van der Waals surface area contributed by atoms with Crippen LogP contribution in [0.2, 0.25) is 0 Å². The Bertz CT molecular complexity index is 1120. The first kappa shape index (κ1) is 22.4. The van der Waals surface area contributed by atoms with E-state index >= 15 is 0 Å². The van der Waals surface area contributed by atoms with Crippen molar-refractivity contribution in [3.63, 3.8) is 0 Å². The molecule has 31 heavy (non-hydrogen) atoms. The third-order valence-corrected chi connectivity index (χ3v) is 6.04. The minimum Gasteiger partial charge on any atom is -0.495 e. The molecule has 0 atom stereocenters. The molecule has 0 bridgehead atoms. The van der Waals surface area contributed by atoms with Gasteiger partial charge in [-0.2, -0.15) is 0 Å². The first-order valence-corrected chi connectivity index (χ1v) is 11.0. The highest BCUT2D eigenvalue weighted by Crippen LogP contribution is 2.28. The number of carbonyl (C=O) groups excluding carboxylic acids is 3. The maximum absolute atomic E-state index is 12.6. The lowest BCUT2D eigenvalue weighted by atomic mass is 10.1. The van der Waals surface area contributed by atoms with Crippen molar-refractivity contribution in [2.75, 3.05) is 19.0 Å². The summed E-state index contributed by atoms with van der Waals surface area (Å²) in [5.41, 5.74) is 0.587. The van der Waals surface area contributed by atoms with Gasteiger partial charge in [0.1, 0.15) is 10.6 Å². The smallest absolute Gasteiger partial charge is 0.338 e. The van der Waals surface area contributed by atoms with Crippen molar-refractivity contribution >= 4 is 33.4 Å². The SMILES string of the molecule is COc1ccc(C(=O)OCC(=O)Nc2ccccc2C(C)=O)cc1S(=O)(=O)NC1CC1. The number of rotatable bonds is 9. The molecule has 0 heterocycles. The normalized spacial score (nSPS) is 13.4. The highest BCUT2D eigenvalue weighted by Gasteiger charge is 2.30. The Morgan fingerprint density at radius 3 is 2.45 bits per heavy atom. The quantitative estimate of drug-likeness (QED) is 0.446. The zero-order valence-electron chi connectivity index (χ0n) is 17.0. The van der Waals surface area contributed by atoms with E-state index < -0.39 is 28.5 Å². The molecule has 3 rings (SSSR count). The summed E-state index contributed by atoms with van der Waals surface area (Å²) in [7, 11) is -2.55. The summed E-state index contributed by atoms with van der Waals surface area (Å²) in [6.45, 7) is 0.762. The molecular weight excluding hydrogens is 424 g/mol. The van der Waals surface area contributed by atoms with E-state index in [1.807, 2.05) is 0 Å². The second-order valence-electron chi connectivity index (χ2n) is 6.99. The average molecular weight is 446 g/mol. The summed E-state index contributed by atoms with van der Waals surface area (Å²) in [6, 6.07) is 10.2. The molecule has 1 aliphatic rings. The van der Waals surface area contributed by atoms with Crippen LogP contribution in [0.4, 0.5) is 5.69 Å². The maximum Gasteiger partial charge on any atom is 0.338 e. The van der Waals surface area contributed by atoms with Crippen LogP contribution in [-0.2, 0) is 19.6 Å². The van der Waals surface area contributed by atoms with Crippen LogP contribution in [0.3, 0.4) is 0 Å². The minimum absolute atomic E-state index is 0.0473. The van der Waals surface area contributed by atoms with Crippen molar-refractivity contribution in [2.24, 2.45) is 0 Å². The first-order valence-electron chi connectivity index (χ1n) is 9.48. The number of carbonyl (C=O) groups is 3. The zero-order chi connectivity index (χ0) is 22.6. The van der Waals surface area contributed by atoms with Gasteiger partial charge in [-0.05, 0) is 50.1 Å². The van der Waals surface area contributed by atoms with Gasteiger partial charge in [0, 0.05) is 11.6 Å². The molecule has 9 nitrogen and oxygen atoms in total. The van der Waals surface area contributed by atoms with E-state index in [0.717, 1.165) is 18.9 Å². The Balaban J connectivity index is 1.68. The fourth-order valence-corrected chi connectivity index (χ4v) is 4.30. The van der Waals surface area contributed by atoms with Crippen molar-refractivity contribution in [2.45, 2.75) is 30.7 Å². The van der Waals surface area contributed by atoms with E-state index in [1.165, 1.54) is 26.2 Å². The number of nitrogens with one attached hydrogen (secondary N) is 2. The van der Waals surface area contributed by atoms with Crippen molar-refractivity contribution < 1.29 is 32.3 Å². The maximum atomic E-state index is 12.6. The number of amides is 1. The van der Waals surface area contributed by atoms with Gasteiger partial charge >= 0.3 is 5.97 Å². The van der Waals surface area contributed by atoms with Gasteiger partial charge in [-0.1, -0.05) is 12.1 Å². The van der Waals surface area contributed by atoms with Gasteiger partial charge in [-0.15, -0.1) is 0 Å². The monoisotopic (exact) mass is 446 g/mol. The molecule has 0 unspecified atom stereocenters. The summed E-state index contributed by atoms with van der Waals surface area (Å²) in [5, 5.41) is 2.52. The van der Waals surface area contributed by atoms with Crippen LogP contribution in [0, 0.1) is 0 Å². The molecule has 1 amide bonds. The molecule has 0 radical (unpaired) electrons. The lowest BCUT2D eigenvalue weighted by Crippen LogP contribution is -2.26. The number of sulfonamides is 1. The number of hydrogen-bond acceptors (Lipinski definition) is 7. The molecule has 10 heteroatoms. The summed E-state index contributed by atoms with van der Waals surface area (Å²) in [5.74, 6) is -1.65. The number of anilines is 1. The van der Waals surface area contributed by atoms with Crippen molar-refractivity contribution in [1.29, 1.82) is 0 Å². The predicted octanol–water partition coefficient (Wildman–Crippen LogP) is 2.13. The van der Waals surface area contributed by atoms with Gasteiger partial charge in [0.05, 0.1) is 18.4 Å². The Morgan fingerprint density at radius 2 is 1.81 bits per heavy atom. The van der Waals surface area contributed by atoms with Crippen LogP contribution >= 0.6 is 0 Å². The molecule has 2 aromatic carbocycles. The molecule has 2 N–H and O–H groups in total. The fraction of sp³-hybridized carbons (Fsp3) is 0.286. The Labute approximate surface area is 179 Å². The molecular formula is C21H22N2O7S. The number of ketones is 1. The van der Waals surface area contributed by atoms with E-state index in [2.05, 4.69) is 10.0 Å². The van der Waals surface area contributed by atoms with Crippen LogP contribution in [0.1, 0.15) is 40.5 Å². The van der Waals surface area contributed by atoms with Gasteiger partial charge < -0.3 is 14.8 Å². The van der Waals surface area contributed by atoms with Gasteiger partial charge in [-0.25, -0.2) is 17.9 Å². The van der Waals surface area contributed by atoms with E-state index in [0.29, 0.717) is 11.3 Å². The number of benzene rings is 2. The second-order valence-corrected chi connectivity index (χ2v) is 8.67. The van der Waals surface area contributed by atoms with Gasteiger partial charge in [0.25, 0.3) is 5.91 Å².